The molecule has 3 heterocycles. The molecule has 1 aromatic heterocycles. The highest BCUT2D eigenvalue weighted by atomic mass is 35.5. The Morgan fingerprint density at radius 3 is 2.97 bits per heavy atom. The highest BCUT2D eigenvalue weighted by Crippen LogP contribution is 2.39. The molecule has 0 bridgehead atoms. The second-order valence-electron chi connectivity index (χ2n) is 7.84. The van der Waals surface area contributed by atoms with Crippen LogP contribution in [0.5, 0.6) is 0 Å². The van der Waals surface area contributed by atoms with Crippen molar-refractivity contribution < 1.29 is 4.39 Å². The summed E-state index contributed by atoms with van der Waals surface area (Å²) in [6.45, 7) is 4.55. The van der Waals surface area contributed by atoms with Crippen molar-refractivity contribution in [2.45, 2.75) is 32.4 Å². The van der Waals surface area contributed by atoms with Crippen LogP contribution in [0.25, 0.3) is 16.8 Å². The van der Waals surface area contributed by atoms with Gasteiger partial charge < -0.3 is 10.6 Å². The van der Waals surface area contributed by atoms with Gasteiger partial charge in [-0.25, -0.2) is 9.07 Å². The van der Waals surface area contributed by atoms with E-state index in [4.69, 9.17) is 11.6 Å². The van der Waals surface area contributed by atoms with Gasteiger partial charge in [0.25, 0.3) is 0 Å². The lowest BCUT2D eigenvalue weighted by atomic mass is 9.90. The van der Waals surface area contributed by atoms with Crippen LogP contribution in [0.1, 0.15) is 35.7 Å². The van der Waals surface area contributed by atoms with Gasteiger partial charge in [-0.3, -0.25) is 0 Å². The first-order chi connectivity index (χ1) is 14.6. The molecular formula is C23H23ClFN5. The lowest BCUT2D eigenvalue weighted by Gasteiger charge is -2.23. The minimum atomic E-state index is -0.307. The summed E-state index contributed by atoms with van der Waals surface area (Å²) < 4.78 is 16.4. The molecule has 2 N–H and O–H groups in total. The summed E-state index contributed by atoms with van der Waals surface area (Å²) in [6, 6.07) is 11.1. The third-order valence-corrected chi connectivity index (χ3v) is 6.14. The third-order valence-electron chi connectivity index (χ3n) is 5.91. The maximum absolute atomic E-state index is 14.5. The quantitative estimate of drug-likeness (QED) is 0.623. The first-order valence-electron chi connectivity index (χ1n) is 10.3. The van der Waals surface area contributed by atoms with Crippen molar-refractivity contribution in [3.05, 3.63) is 70.1 Å². The lowest BCUT2D eigenvalue weighted by Crippen LogP contribution is -2.20. The first kappa shape index (κ1) is 19.3. The van der Waals surface area contributed by atoms with Gasteiger partial charge in [-0.1, -0.05) is 35.0 Å². The number of rotatable bonds is 3. The van der Waals surface area contributed by atoms with Crippen LogP contribution in [0.4, 0.5) is 10.1 Å². The molecule has 2 aromatic carbocycles. The Morgan fingerprint density at radius 2 is 2.13 bits per heavy atom. The predicted octanol–water partition coefficient (Wildman–Crippen LogP) is 4.98. The molecule has 0 aliphatic carbocycles. The summed E-state index contributed by atoms with van der Waals surface area (Å²) in [5, 5.41) is 15.9. The van der Waals surface area contributed by atoms with Crippen molar-refractivity contribution in [2.24, 2.45) is 0 Å². The zero-order valence-electron chi connectivity index (χ0n) is 16.8. The van der Waals surface area contributed by atoms with Gasteiger partial charge in [-0.05, 0) is 67.3 Å². The Hall–Kier alpha value is -2.70. The van der Waals surface area contributed by atoms with E-state index in [-0.39, 0.29) is 11.9 Å². The summed E-state index contributed by atoms with van der Waals surface area (Å²) in [7, 11) is 0. The molecule has 5 nitrogen and oxygen atoms in total. The summed E-state index contributed by atoms with van der Waals surface area (Å²) >= 11 is 6.13. The molecule has 1 atom stereocenters. The molecule has 0 fully saturated rings. The molecule has 3 aromatic rings. The number of nitrogens with zero attached hydrogens (tertiary/aromatic N) is 3. The molecule has 0 spiro atoms. The van der Waals surface area contributed by atoms with Crippen LogP contribution in [0.15, 0.2) is 42.5 Å². The van der Waals surface area contributed by atoms with Crippen LogP contribution >= 0.6 is 11.6 Å². The molecule has 0 saturated carbocycles. The van der Waals surface area contributed by atoms with Crippen LogP contribution < -0.4 is 10.6 Å². The van der Waals surface area contributed by atoms with Crippen LogP contribution in [0, 0.1) is 12.7 Å². The van der Waals surface area contributed by atoms with Gasteiger partial charge in [-0.15, -0.1) is 5.10 Å². The second kappa shape index (κ2) is 7.85. The summed E-state index contributed by atoms with van der Waals surface area (Å²) in [5.41, 5.74) is 7.14. The average Bonchev–Trinajstić information content (AvgIpc) is 3.06. The third kappa shape index (κ3) is 3.50. The predicted molar refractivity (Wildman–Crippen MR) is 118 cm³/mol. The summed E-state index contributed by atoms with van der Waals surface area (Å²) in [4.78, 5) is 0. The highest BCUT2D eigenvalue weighted by molar-refractivity contribution is 6.30. The Morgan fingerprint density at radius 1 is 1.23 bits per heavy atom. The Kier molecular flexibility index (Phi) is 5.05. The zero-order chi connectivity index (χ0) is 20.7. The van der Waals surface area contributed by atoms with Crippen molar-refractivity contribution >= 4 is 22.9 Å². The van der Waals surface area contributed by atoms with Gasteiger partial charge in [0.2, 0.25) is 0 Å². The van der Waals surface area contributed by atoms with Crippen LogP contribution in [-0.2, 0) is 6.54 Å². The van der Waals surface area contributed by atoms with Gasteiger partial charge in [0.15, 0.2) is 0 Å². The minimum Gasteiger partial charge on any atom is -0.376 e. The van der Waals surface area contributed by atoms with E-state index in [1.54, 1.807) is 12.1 Å². The van der Waals surface area contributed by atoms with Gasteiger partial charge in [0.05, 0.1) is 23.1 Å². The first-order valence-corrected chi connectivity index (χ1v) is 10.6. The van der Waals surface area contributed by atoms with E-state index in [9.17, 15) is 4.39 Å². The van der Waals surface area contributed by atoms with Crippen molar-refractivity contribution in [1.82, 2.24) is 20.3 Å². The van der Waals surface area contributed by atoms with E-state index >= 15 is 0 Å². The largest absolute Gasteiger partial charge is 0.376 e. The molecule has 2 aliphatic rings. The number of anilines is 1. The monoisotopic (exact) mass is 423 g/mol. The van der Waals surface area contributed by atoms with Gasteiger partial charge in [0, 0.05) is 23.7 Å². The van der Waals surface area contributed by atoms with Crippen molar-refractivity contribution in [3.63, 3.8) is 0 Å². The van der Waals surface area contributed by atoms with E-state index in [2.05, 4.69) is 45.2 Å². The molecule has 0 amide bonds. The van der Waals surface area contributed by atoms with Gasteiger partial charge in [0.1, 0.15) is 5.82 Å². The fraction of sp³-hybridized carbons (Fsp3) is 0.304. The number of halogens is 2. The number of hydrogen-bond donors (Lipinski definition) is 2. The normalized spacial score (nSPS) is 18.2. The SMILES string of the molecule is Cc1nnn2c1-c1ccc(C3=CCNCC3)cc1C(Nc1cc(Cl)ccc1F)CC2. The summed E-state index contributed by atoms with van der Waals surface area (Å²) in [5.74, 6) is -0.307. The maximum atomic E-state index is 14.5. The van der Waals surface area contributed by atoms with E-state index < -0.39 is 0 Å². The Bertz CT molecular complexity index is 1140. The van der Waals surface area contributed by atoms with E-state index in [0.717, 1.165) is 48.4 Å². The number of benzene rings is 2. The van der Waals surface area contributed by atoms with Crippen molar-refractivity contribution in [3.8, 4) is 11.3 Å². The topological polar surface area (TPSA) is 54.8 Å². The Balaban J connectivity index is 1.62. The molecule has 0 saturated heterocycles. The second-order valence-corrected chi connectivity index (χ2v) is 8.28. The minimum absolute atomic E-state index is 0.0728. The fourth-order valence-corrected chi connectivity index (χ4v) is 4.57. The number of fused-ring (bicyclic) bond motifs is 3. The van der Waals surface area contributed by atoms with Gasteiger partial charge >= 0.3 is 0 Å². The van der Waals surface area contributed by atoms with Crippen LogP contribution in [0.2, 0.25) is 5.02 Å². The standard InChI is InChI=1S/C23H23ClFN5/c1-14-23-18-4-2-16(15-6-9-26-10-7-15)12-19(18)21(8-11-30(23)29-28-14)27-22-13-17(24)3-5-20(22)25/h2-6,12-13,21,26-27H,7-11H2,1H3. The van der Waals surface area contributed by atoms with E-state index in [1.165, 1.54) is 17.2 Å². The zero-order valence-corrected chi connectivity index (χ0v) is 17.5. The number of nitrogens with one attached hydrogen (secondary N) is 2. The van der Waals surface area contributed by atoms with E-state index in [0.29, 0.717) is 17.3 Å². The number of hydrogen-bond acceptors (Lipinski definition) is 4. The average molecular weight is 424 g/mol. The van der Waals surface area contributed by atoms with Crippen molar-refractivity contribution in [1.29, 1.82) is 0 Å². The lowest BCUT2D eigenvalue weighted by molar-refractivity contribution is 0.536. The molecule has 7 heteroatoms. The van der Waals surface area contributed by atoms with E-state index in [1.807, 2.05) is 11.6 Å². The Labute approximate surface area is 179 Å². The molecule has 30 heavy (non-hydrogen) atoms. The highest BCUT2D eigenvalue weighted by Gasteiger charge is 2.26. The number of aryl methyl sites for hydroxylation is 2. The fourth-order valence-electron chi connectivity index (χ4n) is 4.39. The maximum Gasteiger partial charge on any atom is 0.146 e. The molecule has 2 aliphatic heterocycles. The van der Waals surface area contributed by atoms with Crippen LogP contribution in [-0.4, -0.2) is 28.1 Å². The summed E-state index contributed by atoms with van der Waals surface area (Å²) in [6.07, 6.45) is 4.01. The van der Waals surface area contributed by atoms with Crippen LogP contribution in [0.3, 0.4) is 0 Å². The molecule has 154 valence electrons. The molecule has 5 rings (SSSR count). The number of aromatic nitrogens is 3. The smallest absolute Gasteiger partial charge is 0.146 e. The molecule has 1 unspecified atom stereocenters. The molecular weight excluding hydrogens is 401 g/mol. The van der Waals surface area contributed by atoms with Crippen molar-refractivity contribution in [2.75, 3.05) is 18.4 Å². The van der Waals surface area contributed by atoms with Gasteiger partial charge in [-0.2, -0.15) is 0 Å². The molecule has 0 radical (unpaired) electrons.